The van der Waals surface area contributed by atoms with Crippen molar-refractivity contribution in [3.8, 4) is 85.1 Å². The second-order valence-electron chi connectivity index (χ2n) is 14.7. The third-order valence-corrected chi connectivity index (χ3v) is 10.9. The lowest BCUT2D eigenvalue weighted by molar-refractivity contribution is 1.06. The largest absolute Gasteiger partial charge is 0.308 e. The molecule has 0 atom stereocenters. The van der Waals surface area contributed by atoms with Gasteiger partial charge in [0.2, 0.25) is 0 Å². The Morgan fingerprint density at radius 3 is 1.26 bits per heavy atom. The van der Waals surface area contributed by atoms with E-state index in [1.54, 1.807) is 0 Å². The lowest BCUT2D eigenvalue weighted by Gasteiger charge is -2.15. The number of benzene rings is 8. The molecule has 0 aliphatic carbocycles. The van der Waals surface area contributed by atoms with Gasteiger partial charge in [0.25, 0.3) is 0 Å². The van der Waals surface area contributed by atoms with E-state index >= 15 is 0 Å². The predicted molar refractivity (Wildman–Crippen MR) is 246 cm³/mol. The first-order valence-electron chi connectivity index (χ1n) is 20.2. The molecule has 0 bridgehead atoms. The van der Waals surface area contributed by atoms with Crippen LogP contribution in [0, 0.1) is 0 Å². The zero-order valence-electron chi connectivity index (χ0n) is 32.8. The minimum atomic E-state index is 0.573. The normalized spacial score (nSPS) is 11.3. The summed E-state index contributed by atoms with van der Waals surface area (Å²) in [6.07, 6.45) is 0. The second kappa shape index (κ2) is 15.4. The first kappa shape index (κ1) is 35.7. The van der Waals surface area contributed by atoms with Crippen LogP contribution < -0.4 is 0 Å². The van der Waals surface area contributed by atoms with Crippen LogP contribution in [0.3, 0.4) is 0 Å². The Labute approximate surface area is 352 Å². The van der Waals surface area contributed by atoms with E-state index in [1.165, 1.54) is 0 Å². The molecule has 0 aliphatic heterocycles. The molecular weight excluding hydrogens is 747 g/mol. The summed E-state index contributed by atoms with van der Waals surface area (Å²) in [6.45, 7) is 0. The quantitative estimate of drug-likeness (QED) is 0.153. The van der Waals surface area contributed by atoms with Crippen molar-refractivity contribution in [3.63, 3.8) is 0 Å². The average molecular weight is 782 g/mol. The SMILES string of the molecule is c1ccc(-c2cccc(-c3nc(-c4ccccc4)nc(-c4ccccc4-n4c5ccccc5c5c(-c6nc(-c7ccccc7)nc(-c7ccccc7)n6)cccc54)n3)c2)cc1. The summed E-state index contributed by atoms with van der Waals surface area (Å²) >= 11 is 0. The van der Waals surface area contributed by atoms with Gasteiger partial charge in [-0.1, -0.05) is 182 Å². The molecule has 8 aromatic carbocycles. The molecule has 0 amide bonds. The van der Waals surface area contributed by atoms with Crippen LogP contribution in [0.2, 0.25) is 0 Å². The van der Waals surface area contributed by atoms with E-state index in [2.05, 4.69) is 114 Å². The second-order valence-corrected chi connectivity index (χ2v) is 14.7. The van der Waals surface area contributed by atoms with Crippen molar-refractivity contribution in [1.82, 2.24) is 34.5 Å². The zero-order chi connectivity index (χ0) is 40.5. The van der Waals surface area contributed by atoms with Gasteiger partial charge in [0.1, 0.15) is 0 Å². The van der Waals surface area contributed by atoms with E-state index in [9.17, 15) is 0 Å². The van der Waals surface area contributed by atoms with Crippen LogP contribution in [0.4, 0.5) is 0 Å². The lowest BCUT2D eigenvalue weighted by atomic mass is 10.0. The van der Waals surface area contributed by atoms with Gasteiger partial charge in [0, 0.05) is 44.2 Å². The standard InChI is InChI=1S/C54H35N7/c1-5-19-36(20-6-1)40-27-17-28-41(35-40)52-56-51(39-25-11-4-12-26-39)57-53(60-52)43-30-14-16-33-46(43)61-45-32-15-13-29-42(45)48-44(31-18-34-47(48)61)54-58-49(37-21-7-2-8-22-37)55-50(59-54)38-23-9-3-10-24-38/h1-35H. The van der Waals surface area contributed by atoms with E-state index < -0.39 is 0 Å². The summed E-state index contributed by atoms with van der Waals surface area (Å²) < 4.78 is 2.31. The number of fused-ring (bicyclic) bond motifs is 3. The maximum absolute atomic E-state index is 5.24. The molecule has 0 unspecified atom stereocenters. The number of rotatable bonds is 8. The van der Waals surface area contributed by atoms with Crippen molar-refractivity contribution in [2.24, 2.45) is 0 Å². The summed E-state index contributed by atoms with van der Waals surface area (Å²) in [5, 5.41) is 2.11. The Morgan fingerprint density at radius 1 is 0.262 bits per heavy atom. The van der Waals surface area contributed by atoms with Crippen LogP contribution in [0.1, 0.15) is 0 Å². The van der Waals surface area contributed by atoms with Crippen molar-refractivity contribution >= 4 is 21.8 Å². The van der Waals surface area contributed by atoms with Gasteiger partial charge in [0.15, 0.2) is 34.9 Å². The third kappa shape index (κ3) is 6.70. The highest BCUT2D eigenvalue weighted by Gasteiger charge is 2.22. The fourth-order valence-corrected chi connectivity index (χ4v) is 8.06. The van der Waals surface area contributed by atoms with Crippen LogP contribution in [-0.2, 0) is 0 Å². The molecule has 3 aromatic heterocycles. The van der Waals surface area contributed by atoms with E-state index in [0.717, 1.165) is 72.0 Å². The summed E-state index contributed by atoms with van der Waals surface area (Å²) in [5.74, 6) is 3.60. The van der Waals surface area contributed by atoms with E-state index in [0.29, 0.717) is 34.9 Å². The molecule has 3 heterocycles. The third-order valence-electron chi connectivity index (χ3n) is 10.9. The molecule has 0 fully saturated rings. The fourth-order valence-electron chi connectivity index (χ4n) is 8.06. The van der Waals surface area contributed by atoms with Crippen LogP contribution in [0.25, 0.3) is 107 Å². The Balaban J connectivity index is 1.12. The molecule has 0 N–H and O–H groups in total. The molecule has 0 spiro atoms. The molecule has 0 radical (unpaired) electrons. The van der Waals surface area contributed by atoms with Crippen LogP contribution >= 0.6 is 0 Å². The van der Waals surface area contributed by atoms with Gasteiger partial charge < -0.3 is 4.57 Å². The summed E-state index contributed by atoms with van der Waals surface area (Å²) in [4.78, 5) is 30.8. The molecule has 7 nitrogen and oxygen atoms in total. The van der Waals surface area contributed by atoms with Crippen molar-refractivity contribution in [2.45, 2.75) is 0 Å². The molecular formula is C54H35N7. The fraction of sp³-hybridized carbons (Fsp3) is 0. The molecule has 286 valence electrons. The maximum Gasteiger partial charge on any atom is 0.166 e. The summed E-state index contributed by atoms with van der Waals surface area (Å²) in [7, 11) is 0. The van der Waals surface area contributed by atoms with Gasteiger partial charge in [-0.25, -0.2) is 29.9 Å². The van der Waals surface area contributed by atoms with Crippen LogP contribution in [0.5, 0.6) is 0 Å². The Kier molecular flexibility index (Phi) is 9.02. The highest BCUT2D eigenvalue weighted by atomic mass is 15.1. The van der Waals surface area contributed by atoms with Crippen LogP contribution in [0.15, 0.2) is 212 Å². The Bertz CT molecular complexity index is 3290. The van der Waals surface area contributed by atoms with Crippen LogP contribution in [-0.4, -0.2) is 34.5 Å². The van der Waals surface area contributed by atoms with Crippen molar-refractivity contribution in [3.05, 3.63) is 212 Å². The molecule has 11 aromatic rings. The van der Waals surface area contributed by atoms with E-state index in [1.807, 2.05) is 103 Å². The molecule has 11 rings (SSSR count). The minimum absolute atomic E-state index is 0.573. The van der Waals surface area contributed by atoms with Crippen molar-refractivity contribution < 1.29 is 0 Å². The van der Waals surface area contributed by atoms with Crippen molar-refractivity contribution in [1.29, 1.82) is 0 Å². The summed E-state index contributed by atoms with van der Waals surface area (Å²) in [5.41, 5.74) is 10.6. The monoisotopic (exact) mass is 781 g/mol. The zero-order valence-corrected chi connectivity index (χ0v) is 32.8. The minimum Gasteiger partial charge on any atom is -0.308 e. The molecule has 0 saturated carbocycles. The highest BCUT2D eigenvalue weighted by molar-refractivity contribution is 6.15. The Morgan fingerprint density at radius 2 is 0.656 bits per heavy atom. The smallest absolute Gasteiger partial charge is 0.166 e. The lowest BCUT2D eigenvalue weighted by Crippen LogP contribution is -2.03. The van der Waals surface area contributed by atoms with E-state index in [-0.39, 0.29) is 0 Å². The average Bonchev–Trinajstić information content (AvgIpc) is 3.69. The number of para-hydroxylation sites is 2. The van der Waals surface area contributed by atoms with E-state index in [4.69, 9.17) is 29.9 Å². The number of nitrogens with zero attached hydrogens (tertiary/aromatic N) is 7. The maximum atomic E-state index is 5.24. The number of aromatic nitrogens is 7. The van der Waals surface area contributed by atoms with Gasteiger partial charge in [-0.15, -0.1) is 0 Å². The van der Waals surface area contributed by atoms with Gasteiger partial charge in [-0.2, -0.15) is 0 Å². The molecule has 7 heteroatoms. The molecule has 0 saturated heterocycles. The number of hydrogen-bond donors (Lipinski definition) is 0. The van der Waals surface area contributed by atoms with Gasteiger partial charge in [-0.05, 0) is 41.5 Å². The predicted octanol–water partition coefficient (Wildman–Crippen LogP) is 12.8. The van der Waals surface area contributed by atoms with Gasteiger partial charge >= 0.3 is 0 Å². The van der Waals surface area contributed by atoms with Gasteiger partial charge in [-0.3, -0.25) is 0 Å². The molecule has 61 heavy (non-hydrogen) atoms. The highest BCUT2D eigenvalue weighted by Crippen LogP contribution is 2.40. The Hall–Kier alpha value is -8.42. The summed E-state index contributed by atoms with van der Waals surface area (Å²) in [6, 6.07) is 72.2. The first-order valence-corrected chi connectivity index (χ1v) is 20.2. The van der Waals surface area contributed by atoms with Crippen molar-refractivity contribution in [2.75, 3.05) is 0 Å². The number of hydrogen-bond acceptors (Lipinski definition) is 6. The first-order chi connectivity index (χ1) is 30.2. The van der Waals surface area contributed by atoms with Gasteiger partial charge in [0.05, 0.1) is 16.7 Å². The topological polar surface area (TPSA) is 82.3 Å². The molecule has 0 aliphatic rings.